The number of nitrogens with two attached hydrogens (primary N) is 1. The molecule has 0 radical (unpaired) electrons. The molecule has 1 aromatic heterocycles. The summed E-state index contributed by atoms with van der Waals surface area (Å²) in [5.41, 5.74) is 4.08. The number of carbonyl (C=O) groups is 1. The molecule has 2 N–H and O–H groups in total. The fraction of sp³-hybridized carbons (Fsp3) is 0.471. The van der Waals surface area contributed by atoms with E-state index < -0.39 is 39.7 Å². The Morgan fingerprint density at radius 3 is 2.29 bits per heavy atom. The second kappa shape index (κ2) is 8.34. The maximum Gasteiger partial charge on any atom is 0.451 e. The highest BCUT2D eigenvalue weighted by molar-refractivity contribution is 7.89. The minimum absolute atomic E-state index is 0.00765. The lowest BCUT2D eigenvalue weighted by atomic mass is 10.1. The van der Waals surface area contributed by atoms with Gasteiger partial charge in [0.25, 0.3) is 5.91 Å². The number of hydrogen-bond donors (Lipinski definition) is 1. The van der Waals surface area contributed by atoms with Gasteiger partial charge in [0.2, 0.25) is 15.8 Å². The summed E-state index contributed by atoms with van der Waals surface area (Å²) in [5, 5.41) is 3.42. The number of sulfonamides is 1. The van der Waals surface area contributed by atoms with Gasteiger partial charge in [0.1, 0.15) is 5.75 Å². The molecule has 0 aliphatic carbocycles. The van der Waals surface area contributed by atoms with Crippen LogP contribution in [0.3, 0.4) is 0 Å². The van der Waals surface area contributed by atoms with Gasteiger partial charge in [-0.3, -0.25) is 9.36 Å². The maximum absolute atomic E-state index is 13.0. The number of piperidine rings is 1. The summed E-state index contributed by atoms with van der Waals surface area (Å²) in [6, 6.07) is 4.75. The lowest BCUT2D eigenvalue weighted by molar-refractivity contribution is -0.147. The molecule has 3 rings (SSSR count). The third kappa shape index (κ3) is 4.74. The summed E-state index contributed by atoms with van der Waals surface area (Å²) >= 11 is 0. The van der Waals surface area contributed by atoms with Gasteiger partial charge in [0.05, 0.1) is 10.9 Å². The monoisotopic (exact) mass is 463 g/mol. The van der Waals surface area contributed by atoms with Gasteiger partial charge in [-0.1, -0.05) is 0 Å². The Bertz CT molecular complexity index is 1120. The van der Waals surface area contributed by atoms with Crippen molar-refractivity contribution in [2.75, 3.05) is 19.7 Å². The second-order valence-electron chi connectivity index (χ2n) is 6.97. The topological polar surface area (TPSA) is 130 Å². The van der Waals surface area contributed by atoms with E-state index in [0.717, 1.165) is 11.7 Å². The van der Waals surface area contributed by atoms with E-state index in [-0.39, 0.29) is 43.2 Å². The maximum atomic E-state index is 13.0. The predicted molar refractivity (Wildman–Crippen MR) is 101 cm³/mol. The fourth-order valence-electron chi connectivity index (χ4n) is 3.28. The lowest BCUT2D eigenvalue weighted by Crippen LogP contribution is -2.41. The molecule has 1 aromatic carbocycles. The summed E-state index contributed by atoms with van der Waals surface area (Å²) in [5.74, 6) is -1.70. The fourth-order valence-corrected chi connectivity index (χ4v) is 4.75. The summed E-state index contributed by atoms with van der Waals surface area (Å²) in [6.07, 6.45) is -4.50. The lowest BCUT2D eigenvalue weighted by Gasteiger charge is -2.30. The zero-order valence-corrected chi connectivity index (χ0v) is 17.2. The van der Waals surface area contributed by atoms with Gasteiger partial charge in [0, 0.05) is 20.1 Å². The van der Waals surface area contributed by atoms with Crippen molar-refractivity contribution in [2.45, 2.75) is 30.0 Å². The summed E-state index contributed by atoms with van der Waals surface area (Å²) in [7, 11) is -2.87. The van der Waals surface area contributed by atoms with E-state index in [4.69, 9.17) is 10.5 Å². The van der Waals surface area contributed by atoms with E-state index in [1.54, 1.807) is 0 Å². The Hall–Kier alpha value is -2.87. The largest absolute Gasteiger partial charge is 0.484 e. The Kier molecular flexibility index (Phi) is 6.14. The number of nitrogens with zero attached hydrogens (tertiary/aromatic N) is 4. The number of halogens is 3. The number of primary amides is 1. The van der Waals surface area contributed by atoms with Crippen molar-refractivity contribution in [1.29, 1.82) is 0 Å². The molecular weight excluding hydrogens is 443 g/mol. The van der Waals surface area contributed by atoms with Gasteiger partial charge in [-0.15, -0.1) is 5.10 Å². The quantitative estimate of drug-likeness (QED) is 0.664. The Morgan fingerprint density at radius 1 is 1.23 bits per heavy atom. The van der Waals surface area contributed by atoms with Crippen LogP contribution in [0.2, 0.25) is 0 Å². The third-order valence-corrected chi connectivity index (χ3v) is 6.78. The number of amides is 1. The van der Waals surface area contributed by atoms with Gasteiger partial charge in [0.15, 0.2) is 6.61 Å². The summed E-state index contributed by atoms with van der Waals surface area (Å²) in [4.78, 5) is 22.9. The summed E-state index contributed by atoms with van der Waals surface area (Å²) in [6.45, 7) is -0.322. The number of carbonyl (C=O) groups excluding carboxylic acids is 1. The average molecular weight is 463 g/mol. The van der Waals surface area contributed by atoms with E-state index in [9.17, 15) is 31.2 Å². The molecular formula is C17H20F3N5O5S. The Labute approximate surface area is 175 Å². The molecule has 0 saturated carbocycles. The first kappa shape index (κ1) is 22.8. The second-order valence-corrected chi connectivity index (χ2v) is 8.91. The van der Waals surface area contributed by atoms with Crippen molar-refractivity contribution >= 4 is 15.9 Å². The van der Waals surface area contributed by atoms with Crippen LogP contribution in [0.5, 0.6) is 5.75 Å². The molecule has 0 atom stereocenters. The van der Waals surface area contributed by atoms with Crippen molar-refractivity contribution in [2.24, 2.45) is 12.8 Å². The van der Waals surface area contributed by atoms with Crippen LogP contribution >= 0.6 is 0 Å². The number of rotatable bonds is 6. The highest BCUT2D eigenvalue weighted by Crippen LogP contribution is 2.29. The highest BCUT2D eigenvalue weighted by Gasteiger charge is 2.39. The number of aromatic nitrogens is 3. The highest BCUT2D eigenvalue weighted by atomic mass is 32.2. The predicted octanol–water partition coefficient (Wildman–Crippen LogP) is 0.490. The normalized spacial score (nSPS) is 16.4. The third-order valence-electron chi connectivity index (χ3n) is 4.87. The number of ether oxygens (including phenoxy) is 1. The molecule has 1 aliphatic rings. The SMILES string of the molecule is Cn1c(C(F)(F)F)nn(C2CCN(S(=O)(=O)c3ccc(OCC(N)=O)cc3)CC2)c1=O. The van der Waals surface area contributed by atoms with Gasteiger partial charge in [-0.2, -0.15) is 17.5 Å². The minimum Gasteiger partial charge on any atom is -0.484 e. The van der Waals surface area contributed by atoms with Crippen LogP contribution in [-0.4, -0.2) is 52.7 Å². The Morgan fingerprint density at radius 2 is 1.81 bits per heavy atom. The smallest absolute Gasteiger partial charge is 0.451 e. The molecule has 0 bridgehead atoms. The zero-order chi connectivity index (χ0) is 23.0. The molecule has 170 valence electrons. The van der Waals surface area contributed by atoms with Crippen LogP contribution in [0.4, 0.5) is 13.2 Å². The van der Waals surface area contributed by atoms with Crippen LogP contribution < -0.4 is 16.2 Å². The number of alkyl halides is 3. The zero-order valence-electron chi connectivity index (χ0n) is 16.4. The molecule has 1 amide bonds. The van der Waals surface area contributed by atoms with E-state index in [0.29, 0.717) is 4.57 Å². The first-order chi connectivity index (χ1) is 14.4. The van der Waals surface area contributed by atoms with E-state index in [1.807, 2.05) is 0 Å². The van der Waals surface area contributed by atoms with Gasteiger partial charge in [-0.05, 0) is 37.1 Å². The van der Waals surface area contributed by atoms with E-state index in [1.165, 1.54) is 28.6 Å². The molecule has 1 aliphatic heterocycles. The molecule has 2 aromatic rings. The standard InChI is InChI=1S/C17H20F3N5O5S/c1-23-15(17(18,19)20)22-25(16(23)27)11-6-8-24(9-7-11)31(28,29)13-4-2-12(3-5-13)30-10-14(21)26/h2-5,11H,6-10H2,1H3,(H2,21,26). The van der Waals surface area contributed by atoms with Crippen LogP contribution in [0.15, 0.2) is 34.0 Å². The van der Waals surface area contributed by atoms with Crippen molar-refractivity contribution in [1.82, 2.24) is 18.7 Å². The molecule has 14 heteroatoms. The Balaban J connectivity index is 1.70. The molecule has 0 spiro atoms. The number of benzene rings is 1. The molecule has 1 fully saturated rings. The minimum atomic E-state index is -4.77. The number of hydrogen-bond acceptors (Lipinski definition) is 6. The molecule has 2 heterocycles. The molecule has 31 heavy (non-hydrogen) atoms. The van der Waals surface area contributed by atoms with Crippen molar-refractivity contribution in [3.8, 4) is 5.75 Å². The van der Waals surface area contributed by atoms with Crippen LogP contribution in [0.1, 0.15) is 24.7 Å². The van der Waals surface area contributed by atoms with Crippen LogP contribution in [0, 0.1) is 0 Å². The van der Waals surface area contributed by atoms with Crippen molar-refractivity contribution in [3.63, 3.8) is 0 Å². The average Bonchev–Trinajstić information content (AvgIpc) is 3.02. The van der Waals surface area contributed by atoms with Crippen LogP contribution in [0.25, 0.3) is 0 Å². The van der Waals surface area contributed by atoms with E-state index in [2.05, 4.69) is 5.10 Å². The van der Waals surface area contributed by atoms with Gasteiger partial charge >= 0.3 is 11.9 Å². The molecule has 0 unspecified atom stereocenters. The molecule has 10 nitrogen and oxygen atoms in total. The molecule has 1 saturated heterocycles. The van der Waals surface area contributed by atoms with Gasteiger partial charge < -0.3 is 10.5 Å². The van der Waals surface area contributed by atoms with Gasteiger partial charge in [-0.25, -0.2) is 17.9 Å². The first-order valence-corrected chi connectivity index (χ1v) is 10.6. The van der Waals surface area contributed by atoms with Crippen molar-refractivity contribution in [3.05, 3.63) is 40.6 Å². The van der Waals surface area contributed by atoms with Crippen molar-refractivity contribution < 1.29 is 31.1 Å². The van der Waals surface area contributed by atoms with E-state index >= 15 is 0 Å². The van der Waals surface area contributed by atoms with Crippen LogP contribution in [-0.2, 0) is 28.0 Å². The first-order valence-electron chi connectivity index (χ1n) is 9.15. The summed E-state index contributed by atoms with van der Waals surface area (Å²) < 4.78 is 72.1.